The van der Waals surface area contributed by atoms with Crippen molar-refractivity contribution in [1.82, 2.24) is 15.5 Å². The van der Waals surface area contributed by atoms with Crippen molar-refractivity contribution in [3.05, 3.63) is 58.6 Å². The molecular weight excluding hydrogens is 402 g/mol. The van der Waals surface area contributed by atoms with E-state index in [-0.39, 0.29) is 17.9 Å². The van der Waals surface area contributed by atoms with Crippen molar-refractivity contribution < 1.29 is 14.3 Å². The molecule has 0 aliphatic carbocycles. The first-order valence-electron chi connectivity index (χ1n) is 10.4. The monoisotopic (exact) mass is 427 g/mol. The minimum absolute atomic E-state index is 0.117. The summed E-state index contributed by atoms with van der Waals surface area (Å²) in [4.78, 5) is 26.7. The van der Waals surface area contributed by atoms with Gasteiger partial charge in [-0.2, -0.15) is 0 Å². The molecule has 7 heteroatoms. The number of likely N-dealkylation sites (tertiary alicyclic amines) is 1. The van der Waals surface area contributed by atoms with Crippen LogP contribution in [0.4, 0.5) is 0 Å². The number of piperidine rings is 1. The molecular formula is C23H26ClN3O3. The van der Waals surface area contributed by atoms with E-state index in [9.17, 15) is 9.59 Å². The van der Waals surface area contributed by atoms with Crippen LogP contribution >= 0.6 is 11.6 Å². The first kappa shape index (κ1) is 20.7. The molecule has 6 nitrogen and oxygen atoms in total. The van der Waals surface area contributed by atoms with Gasteiger partial charge in [0.25, 0.3) is 5.91 Å². The van der Waals surface area contributed by atoms with Crippen molar-refractivity contribution >= 4 is 23.4 Å². The number of carbonyl (C=O) groups is 2. The van der Waals surface area contributed by atoms with Crippen LogP contribution in [0.5, 0.6) is 11.5 Å². The highest BCUT2D eigenvalue weighted by molar-refractivity contribution is 6.30. The predicted molar refractivity (Wildman–Crippen MR) is 116 cm³/mol. The summed E-state index contributed by atoms with van der Waals surface area (Å²) in [5.41, 5.74) is 1.41. The number of rotatable bonds is 6. The van der Waals surface area contributed by atoms with E-state index in [1.54, 1.807) is 36.4 Å². The molecule has 2 aliphatic rings. The standard InChI is InChI=1S/C23H26ClN3O3/c24-18-7-9-20(10-8-18)30-21-13-16(23(29)26-19-3-1-11-25-14-19)5-6-17(21)15-27-12-2-4-22(27)28/h5-10,13,19,25H,1-4,11-12,14-15H2,(H,26,29). The fourth-order valence-electron chi connectivity index (χ4n) is 3.87. The van der Waals surface area contributed by atoms with Crippen LogP contribution < -0.4 is 15.4 Å². The van der Waals surface area contributed by atoms with Gasteiger partial charge >= 0.3 is 0 Å². The molecule has 0 aromatic heterocycles. The number of nitrogens with zero attached hydrogens (tertiary/aromatic N) is 1. The number of benzene rings is 2. The van der Waals surface area contributed by atoms with Gasteiger partial charge in [0.05, 0.1) is 0 Å². The number of hydrogen-bond acceptors (Lipinski definition) is 4. The SMILES string of the molecule is O=C(NC1CCCNC1)c1ccc(CN2CCCC2=O)c(Oc2ccc(Cl)cc2)c1. The molecule has 4 rings (SSSR count). The van der Waals surface area contributed by atoms with Crippen LogP contribution in [0.3, 0.4) is 0 Å². The third-order valence-corrected chi connectivity index (χ3v) is 5.79. The van der Waals surface area contributed by atoms with Crippen LogP contribution in [-0.4, -0.2) is 42.4 Å². The summed E-state index contributed by atoms with van der Waals surface area (Å²) in [5.74, 6) is 1.24. The Bertz CT molecular complexity index is 910. The average Bonchev–Trinajstić information content (AvgIpc) is 3.16. The molecule has 1 atom stereocenters. The lowest BCUT2D eigenvalue weighted by molar-refractivity contribution is -0.128. The van der Waals surface area contributed by atoms with Crippen molar-refractivity contribution in [2.75, 3.05) is 19.6 Å². The van der Waals surface area contributed by atoms with E-state index in [0.29, 0.717) is 35.1 Å². The molecule has 30 heavy (non-hydrogen) atoms. The van der Waals surface area contributed by atoms with Gasteiger partial charge in [-0.25, -0.2) is 0 Å². The van der Waals surface area contributed by atoms with E-state index in [2.05, 4.69) is 10.6 Å². The predicted octanol–water partition coefficient (Wildman–Crippen LogP) is 3.74. The van der Waals surface area contributed by atoms with Crippen LogP contribution in [0.2, 0.25) is 5.02 Å². The Morgan fingerprint density at radius 1 is 1.20 bits per heavy atom. The van der Waals surface area contributed by atoms with Crippen LogP contribution in [0.15, 0.2) is 42.5 Å². The van der Waals surface area contributed by atoms with Crippen molar-refractivity contribution in [3.8, 4) is 11.5 Å². The summed E-state index contributed by atoms with van der Waals surface area (Å²) in [6, 6.07) is 12.7. The molecule has 0 radical (unpaired) electrons. The number of hydrogen-bond donors (Lipinski definition) is 2. The number of halogens is 1. The van der Waals surface area contributed by atoms with Gasteiger partial charge in [0.15, 0.2) is 0 Å². The third kappa shape index (κ3) is 5.12. The first-order chi connectivity index (χ1) is 14.6. The second kappa shape index (κ2) is 9.49. The zero-order chi connectivity index (χ0) is 20.9. The molecule has 158 valence electrons. The van der Waals surface area contributed by atoms with E-state index in [1.165, 1.54) is 0 Å². The van der Waals surface area contributed by atoms with E-state index < -0.39 is 0 Å². The van der Waals surface area contributed by atoms with Crippen molar-refractivity contribution in [2.45, 2.75) is 38.3 Å². The van der Waals surface area contributed by atoms with Crippen LogP contribution in [0.25, 0.3) is 0 Å². The van der Waals surface area contributed by atoms with Gasteiger partial charge < -0.3 is 20.3 Å². The molecule has 2 aliphatic heterocycles. The molecule has 0 spiro atoms. The van der Waals surface area contributed by atoms with E-state index >= 15 is 0 Å². The smallest absolute Gasteiger partial charge is 0.251 e. The topological polar surface area (TPSA) is 70.7 Å². The van der Waals surface area contributed by atoms with Gasteiger partial charge in [-0.05, 0) is 62.2 Å². The van der Waals surface area contributed by atoms with Crippen LogP contribution in [0.1, 0.15) is 41.6 Å². The highest BCUT2D eigenvalue weighted by Gasteiger charge is 2.23. The van der Waals surface area contributed by atoms with Crippen molar-refractivity contribution in [1.29, 1.82) is 0 Å². The summed E-state index contributed by atoms with van der Waals surface area (Å²) in [5, 5.41) is 7.03. The lowest BCUT2D eigenvalue weighted by Crippen LogP contribution is -2.45. The summed E-state index contributed by atoms with van der Waals surface area (Å²) in [6.07, 6.45) is 3.49. The van der Waals surface area contributed by atoms with Gasteiger partial charge in [0, 0.05) is 48.2 Å². The quantitative estimate of drug-likeness (QED) is 0.736. The van der Waals surface area contributed by atoms with E-state index in [0.717, 1.165) is 44.5 Å². The molecule has 2 aromatic carbocycles. The van der Waals surface area contributed by atoms with Gasteiger partial charge in [0.1, 0.15) is 11.5 Å². The average molecular weight is 428 g/mol. The zero-order valence-corrected chi connectivity index (χ0v) is 17.6. The van der Waals surface area contributed by atoms with Gasteiger partial charge in [-0.3, -0.25) is 9.59 Å². The molecule has 2 aromatic rings. The molecule has 0 saturated carbocycles. The summed E-state index contributed by atoms with van der Waals surface area (Å²) in [7, 11) is 0. The zero-order valence-electron chi connectivity index (χ0n) is 16.8. The Morgan fingerprint density at radius 2 is 2.03 bits per heavy atom. The van der Waals surface area contributed by atoms with Crippen molar-refractivity contribution in [3.63, 3.8) is 0 Å². The summed E-state index contributed by atoms with van der Waals surface area (Å²) >= 11 is 5.98. The molecule has 2 saturated heterocycles. The Balaban J connectivity index is 1.56. The molecule has 1 unspecified atom stereocenters. The van der Waals surface area contributed by atoms with Crippen LogP contribution in [-0.2, 0) is 11.3 Å². The fourth-order valence-corrected chi connectivity index (χ4v) is 4.00. The largest absolute Gasteiger partial charge is 0.457 e. The lowest BCUT2D eigenvalue weighted by Gasteiger charge is -2.24. The number of amides is 2. The highest BCUT2D eigenvalue weighted by atomic mass is 35.5. The maximum Gasteiger partial charge on any atom is 0.251 e. The van der Waals surface area contributed by atoms with Gasteiger partial charge in [0.2, 0.25) is 5.91 Å². The normalized spacial score (nSPS) is 19.0. The Labute approximate surface area is 181 Å². The van der Waals surface area contributed by atoms with Gasteiger partial charge in [-0.1, -0.05) is 17.7 Å². The Morgan fingerprint density at radius 3 is 2.73 bits per heavy atom. The fraction of sp³-hybridized carbons (Fsp3) is 0.391. The lowest BCUT2D eigenvalue weighted by atomic mass is 10.1. The Hall–Kier alpha value is -2.57. The summed E-state index contributed by atoms with van der Waals surface area (Å²) < 4.78 is 6.10. The molecule has 2 N–H and O–H groups in total. The molecule has 2 amide bonds. The minimum Gasteiger partial charge on any atom is -0.457 e. The van der Waals surface area contributed by atoms with E-state index in [1.807, 2.05) is 11.0 Å². The minimum atomic E-state index is -0.117. The van der Waals surface area contributed by atoms with E-state index in [4.69, 9.17) is 16.3 Å². The highest BCUT2D eigenvalue weighted by Crippen LogP contribution is 2.30. The number of nitrogens with one attached hydrogen (secondary N) is 2. The number of carbonyl (C=O) groups excluding carboxylic acids is 2. The maximum absolute atomic E-state index is 12.8. The first-order valence-corrected chi connectivity index (χ1v) is 10.8. The van der Waals surface area contributed by atoms with Gasteiger partial charge in [-0.15, -0.1) is 0 Å². The molecule has 2 heterocycles. The molecule has 0 bridgehead atoms. The van der Waals surface area contributed by atoms with Crippen molar-refractivity contribution in [2.24, 2.45) is 0 Å². The number of ether oxygens (including phenoxy) is 1. The Kier molecular flexibility index (Phi) is 6.55. The second-order valence-corrected chi connectivity index (χ2v) is 8.25. The molecule has 2 fully saturated rings. The maximum atomic E-state index is 12.8. The summed E-state index contributed by atoms with van der Waals surface area (Å²) in [6.45, 7) is 3.00. The van der Waals surface area contributed by atoms with Crippen LogP contribution in [0, 0.1) is 0 Å². The third-order valence-electron chi connectivity index (χ3n) is 5.54. The second-order valence-electron chi connectivity index (χ2n) is 7.81.